The van der Waals surface area contributed by atoms with Gasteiger partial charge in [0.15, 0.2) is 0 Å². The number of halogens is 1. The number of hydrogen-bond donors (Lipinski definition) is 0. The average Bonchev–Trinajstić information content (AvgIpc) is 2.28. The SMILES string of the molecule is COCC(Cl)CN(C)CCn1ccccc1=O. The Bertz CT molecular complexity index is 381. The number of hydrogen-bond acceptors (Lipinski definition) is 3. The van der Waals surface area contributed by atoms with Gasteiger partial charge in [-0.25, -0.2) is 0 Å². The molecule has 5 heteroatoms. The topological polar surface area (TPSA) is 34.5 Å². The highest BCUT2D eigenvalue weighted by molar-refractivity contribution is 6.20. The summed E-state index contributed by atoms with van der Waals surface area (Å²) in [7, 11) is 3.62. The van der Waals surface area contributed by atoms with E-state index in [2.05, 4.69) is 4.90 Å². The largest absolute Gasteiger partial charge is 0.383 e. The van der Waals surface area contributed by atoms with Crippen LogP contribution >= 0.6 is 11.6 Å². The lowest BCUT2D eigenvalue weighted by atomic mass is 10.4. The van der Waals surface area contributed by atoms with E-state index >= 15 is 0 Å². The molecule has 1 aromatic heterocycles. The van der Waals surface area contributed by atoms with Crippen LogP contribution in [0.15, 0.2) is 29.2 Å². The fourth-order valence-electron chi connectivity index (χ4n) is 1.59. The van der Waals surface area contributed by atoms with Crippen LogP contribution in [0.2, 0.25) is 0 Å². The van der Waals surface area contributed by atoms with Crippen LogP contribution in [-0.4, -0.2) is 48.7 Å². The fraction of sp³-hybridized carbons (Fsp3) is 0.583. The Balaban J connectivity index is 2.36. The monoisotopic (exact) mass is 258 g/mol. The van der Waals surface area contributed by atoms with E-state index in [1.165, 1.54) is 0 Å². The number of methoxy groups -OCH3 is 1. The van der Waals surface area contributed by atoms with Gasteiger partial charge in [0.25, 0.3) is 5.56 Å². The van der Waals surface area contributed by atoms with E-state index in [1.54, 1.807) is 30.0 Å². The minimum absolute atomic E-state index is 0.0162. The second kappa shape index (κ2) is 7.48. The molecule has 0 N–H and O–H groups in total. The average molecular weight is 259 g/mol. The fourth-order valence-corrected chi connectivity index (χ4v) is 1.95. The molecule has 0 aliphatic heterocycles. The van der Waals surface area contributed by atoms with Crippen LogP contribution in [0.3, 0.4) is 0 Å². The lowest BCUT2D eigenvalue weighted by Crippen LogP contribution is -2.33. The lowest BCUT2D eigenvalue weighted by molar-refractivity contribution is 0.181. The second-order valence-corrected chi connectivity index (χ2v) is 4.66. The maximum atomic E-state index is 11.5. The van der Waals surface area contributed by atoms with Gasteiger partial charge < -0.3 is 14.2 Å². The van der Waals surface area contributed by atoms with Crippen LogP contribution < -0.4 is 5.56 Å². The zero-order valence-electron chi connectivity index (χ0n) is 10.3. The van der Waals surface area contributed by atoms with Crippen molar-refractivity contribution in [3.05, 3.63) is 34.7 Å². The first kappa shape index (κ1) is 14.2. The maximum absolute atomic E-state index is 11.5. The molecule has 0 amide bonds. The second-order valence-electron chi connectivity index (χ2n) is 4.05. The Morgan fingerprint density at radius 1 is 1.53 bits per heavy atom. The van der Waals surface area contributed by atoms with Gasteiger partial charge in [-0.2, -0.15) is 0 Å². The molecule has 0 fully saturated rings. The van der Waals surface area contributed by atoms with Crippen molar-refractivity contribution < 1.29 is 4.74 Å². The Labute approximate surface area is 107 Å². The molecule has 1 atom stereocenters. The van der Waals surface area contributed by atoms with Crippen LogP contribution in [-0.2, 0) is 11.3 Å². The molecule has 17 heavy (non-hydrogen) atoms. The van der Waals surface area contributed by atoms with E-state index in [9.17, 15) is 4.79 Å². The maximum Gasteiger partial charge on any atom is 0.250 e. The number of likely N-dealkylation sites (N-methyl/N-ethyl adjacent to an activating group) is 1. The minimum Gasteiger partial charge on any atom is -0.383 e. The Morgan fingerprint density at radius 2 is 2.29 bits per heavy atom. The smallest absolute Gasteiger partial charge is 0.250 e. The molecule has 1 rings (SSSR count). The molecule has 0 aliphatic carbocycles. The number of alkyl halides is 1. The van der Waals surface area contributed by atoms with Crippen molar-refractivity contribution in [1.82, 2.24) is 9.47 Å². The first-order chi connectivity index (χ1) is 8.13. The third-order valence-electron chi connectivity index (χ3n) is 2.48. The summed E-state index contributed by atoms with van der Waals surface area (Å²) in [6.07, 6.45) is 1.80. The Hall–Kier alpha value is -0.840. The number of pyridine rings is 1. The summed E-state index contributed by atoms with van der Waals surface area (Å²) in [6.45, 7) is 2.75. The molecule has 0 saturated heterocycles. The zero-order chi connectivity index (χ0) is 12.7. The predicted molar refractivity (Wildman–Crippen MR) is 69.7 cm³/mol. The summed E-state index contributed by atoms with van der Waals surface area (Å²) in [5.41, 5.74) is 0.0280. The van der Waals surface area contributed by atoms with Crippen molar-refractivity contribution in [2.24, 2.45) is 0 Å². The molecule has 0 aromatic carbocycles. The van der Waals surface area contributed by atoms with Gasteiger partial charge in [-0.15, -0.1) is 11.6 Å². The van der Waals surface area contributed by atoms with Crippen LogP contribution in [0.1, 0.15) is 0 Å². The van der Waals surface area contributed by atoms with Gasteiger partial charge in [0.1, 0.15) is 0 Å². The zero-order valence-corrected chi connectivity index (χ0v) is 11.1. The first-order valence-electron chi connectivity index (χ1n) is 5.60. The van der Waals surface area contributed by atoms with Crippen LogP contribution in [0.5, 0.6) is 0 Å². The predicted octanol–water partition coefficient (Wildman–Crippen LogP) is 1.03. The van der Waals surface area contributed by atoms with E-state index in [1.807, 2.05) is 13.1 Å². The van der Waals surface area contributed by atoms with Crippen molar-refractivity contribution >= 4 is 11.6 Å². The van der Waals surface area contributed by atoms with Crippen molar-refractivity contribution in [2.75, 3.05) is 33.9 Å². The molecule has 1 aromatic rings. The Kier molecular flexibility index (Phi) is 6.26. The Morgan fingerprint density at radius 3 is 2.94 bits per heavy atom. The van der Waals surface area contributed by atoms with Crippen LogP contribution in [0, 0.1) is 0 Å². The molecule has 1 heterocycles. The van der Waals surface area contributed by atoms with Crippen molar-refractivity contribution in [1.29, 1.82) is 0 Å². The van der Waals surface area contributed by atoms with E-state index in [0.29, 0.717) is 13.2 Å². The van der Waals surface area contributed by atoms with Crippen molar-refractivity contribution in [3.8, 4) is 0 Å². The summed E-state index contributed by atoms with van der Waals surface area (Å²) in [6, 6.07) is 5.17. The molecular weight excluding hydrogens is 240 g/mol. The highest BCUT2D eigenvalue weighted by Crippen LogP contribution is 1.99. The van der Waals surface area contributed by atoms with Gasteiger partial charge in [0.05, 0.1) is 12.0 Å². The molecule has 0 radical (unpaired) electrons. The summed E-state index contributed by atoms with van der Waals surface area (Å²) in [5.74, 6) is 0. The third-order valence-corrected chi connectivity index (χ3v) is 2.74. The standard InChI is InChI=1S/C12H19ClN2O2/c1-14(9-11(13)10-17-2)7-8-15-6-4-3-5-12(15)16/h3-6,11H,7-10H2,1-2H3. The van der Waals surface area contributed by atoms with Gasteiger partial charge in [-0.05, 0) is 13.1 Å². The number of aromatic nitrogens is 1. The van der Waals surface area contributed by atoms with E-state index in [-0.39, 0.29) is 10.9 Å². The summed E-state index contributed by atoms with van der Waals surface area (Å²) in [5, 5.41) is -0.0162. The molecule has 4 nitrogen and oxygen atoms in total. The van der Waals surface area contributed by atoms with Gasteiger partial charge in [0, 0.05) is 39.0 Å². The van der Waals surface area contributed by atoms with E-state index in [4.69, 9.17) is 16.3 Å². The van der Waals surface area contributed by atoms with Crippen LogP contribution in [0.4, 0.5) is 0 Å². The molecule has 96 valence electrons. The summed E-state index contributed by atoms with van der Waals surface area (Å²) < 4.78 is 6.66. The van der Waals surface area contributed by atoms with E-state index in [0.717, 1.165) is 13.1 Å². The van der Waals surface area contributed by atoms with E-state index < -0.39 is 0 Å². The van der Waals surface area contributed by atoms with Gasteiger partial charge in [-0.3, -0.25) is 4.79 Å². The van der Waals surface area contributed by atoms with Crippen molar-refractivity contribution in [3.63, 3.8) is 0 Å². The number of ether oxygens (including phenoxy) is 1. The lowest BCUT2D eigenvalue weighted by Gasteiger charge is -2.19. The quantitative estimate of drug-likeness (QED) is 0.686. The summed E-state index contributed by atoms with van der Waals surface area (Å²) >= 11 is 6.05. The third kappa shape index (κ3) is 5.35. The normalized spacial score (nSPS) is 12.9. The highest BCUT2D eigenvalue weighted by Gasteiger charge is 2.08. The highest BCUT2D eigenvalue weighted by atomic mass is 35.5. The number of rotatable bonds is 7. The number of nitrogens with zero attached hydrogens (tertiary/aromatic N) is 2. The molecule has 0 spiro atoms. The van der Waals surface area contributed by atoms with Crippen LogP contribution in [0.25, 0.3) is 0 Å². The molecule has 0 aliphatic rings. The molecular formula is C12H19ClN2O2. The molecule has 0 bridgehead atoms. The minimum atomic E-state index is -0.0162. The van der Waals surface area contributed by atoms with Crippen molar-refractivity contribution in [2.45, 2.75) is 11.9 Å². The molecule has 1 unspecified atom stereocenters. The van der Waals surface area contributed by atoms with Gasteiger partial charge in [0.2, 0.25) is 0 Å². The van der Waals surface area contributed by atoms with Gasteiger partial charge in [-0.1, -0.05) is 6.07 Å². The first-order valence-corrected chi connectivity index (χ1v) is 6.04. The summed E-state index contributed by atoms with van der Waals surface area (Å²) in [4.78, 5) is 13.5. The molecule has 0 saturated carbocycles. The van der Waals surface area contributed by atoms with Gasteiger partial charge >= 0.3 is 0 Å².